The van der Waals surface area contributed by atoms with E-state index >= 15 is 0 Å². The summed E-state index contributed by atoms with van der Waals surface area (Å²) >= 11 is 0. The predicted molar refractivity (Wildman–Crippen MR) is 121 cm³/mol. The van der Waals surface area contributed by atoms with Crippen LogP contribution in [0.15, 0.2) is 0 Å². The largest absolute Gasteiger partial charge is 0.481 e. The molecule has 4 N–H and O–H groups in total. The summed E-state index contributed by atoms with van der Waals surface area (Å²) in [6.45, 7) is 4.14. The number of nitrogens with one attached hydrogen (secondary N) is 3. The number of carboxylic acids is 1. The van der Waals surface area contributed by atoms with E-state index in [0.717, 1.165) is 44.9 Å². The smallest absolute Gasteiger partial charge is 0.315 e. The molecule has 1 heterocycles. The van der Waals surface area contributed by atoms with Gasteiger partial charge in [0, 0.05) is 18.5 Å². The molecule has 4 fully saturated rings. The summed E-state index contributed by atoms with van der Waals surface area (Å²) in [6, 6.07) is -1.93. The third-order valence-electron chi connectivity index (χ3n) is 8.10. The number of carboxylic acid groups (broad SMARTS) is 1. The molecule has 9 heteroatoms. The summed E-state index contributed by atoms with van der Waals surface area (Å²) in [5.74, 6) is -1.34. The van der Waals surface area contributed by atoms with Crippen molar-refractivity contribution in [3.63, 3.8) is 0 Å². The van der Waals surface area contributed by atoms with Crippen LogP contribution in [0.3, 0.4) is 0 Å². The molecule has 3 saturated carbocycles. The molecule has 33 heavy (non-hydrogen) atoms. The molecule has 0 aromatic rings. The Hall–Kier alpha value is -2.32. The second-order valence-electron chi connectivity index (χ2n) is 10.8. The van der Waals surface area contributed by atoms with Gasteiger partial charge in [0.1, 0.15) is 6.04 Å². The normalized spacial score (nSPS) is 27.7. The summed E-state index contributed by atoms with van der Waals surface area (Å²) in [5.41, 5.74) is -1.04. The molecule has 0 aromatic carbocycles. The zero-order valence-electron chi connectivity index (χ0n) is 19.8. The molecule has 3 aliphatic carbocycles. The van der Waals surface area contributed by atoms with Gasteiger partial charge in [0.05, 0.1) is 17.5 Å². The average molecular weight is 463 g/mol. The predicted octanol–water partition coefficient (Wildman–Crippen LogP) is 2.00. The van der Waals surface area contributed by atoms with Gasteiger partial charge in [-0.25, -0.2) is 4.79 Å². The molecule has 0 radical (unpaired) electrons. The van der Waals surface area contributed by atoms with E-state index in [1.54, 1.807) is 4.90 Å². The number of hydrogen-bond acceptors (Lipinski definition) is 4. The molecule has 4 amide bonds. The van der Waals surface area contributed by atoms with Crippen LogP contribution in [-0.4, -0.2) is 64.5 Å². The summed E-state index contributed by atoms with van der Waals surface area (Å²) < 4.78 is 0. The van der Waals surface area contributed by atoms with Crippen LogP contribution in [0.4, 0.5) is 4.79 Å². The lowest BCUT2D eigenvalue weighted by molar-refractivity contribution is -0.164. The number of carbonyl (C=O) groups is 4. The Balaban J connectivity index is 1.51. The van der Waals surface area contributed by atoms with Gasteiger partial charge in [-0.05, 0) is 50.9 Å². The molecule has 0 aromatic heterocycles. The van der Waals surface area contributed by atoms with Crippen molar-refractivity contribution in [2.75, 3.05) is 6.54 Å². The quantitative estimate of drug-likeness (QED) is 0.439. The fraction of sp³-hybridized carbons (Fsp3) is 0.833. The maximum atomic E-state index is 13.7. The first-order valence-electron chi connectivity index (χ1n) is 12.6. The molecule has 1 aliphatic heterocycles. The van der Waals surface area contributed by atoms with Crippen LogP contribution in [0.25, 0.3) is 0 Å². The highest BCUT2D eigenvalue weighted by atomic mass is 16.4. The van der Waals surface area contributed by atoms with Gasteiger partial charge in [0.15, 0.2) is 0 Å². The maximum Gasteiger partial charge on any atom is 0.315 e. The SMILES string of the molecule is CC(C)[C@H](NC(=O)NC1CCCC1)C(=O)N1CC[C@H](NC(=O)C2CC2)[C@@H]1C1(C(=O)O)CCC1. The number of rotatable bonds is 8. The van der Waals surface area contributed by atoms with Crippen LogP contribution in [0.1, 0.15) is 78.1 Å². The molecular weight excluding hydrogens is 424 g/mol. The molecule has 4 aliphatic rings. The lowest BCUT2D eigenvalue weighted by atomic mass is 9.62. The minimum absolute atomic E-state index is 0.0157. The van der Waals surface area contributed by atoms with Crippen molar-refractivity contribution in [2.45, 2.75) is 102 Å². The van der Waals surface area contributed by atoms with Gasteiger partial charge in [-0.15, -0.1) is 0 Å². The van der Waals surface area contributed by atoms with Crippen molar-refractivity contribution in [1.82, 2.24) is 20.9 Å². The summed E-state index contributed by atoms with van der Waals surface area (Å²) in [6.07, 6.45) is 8.14. The average Bonchev–Trinajstić information content (AvgIpc) is 3.32. The van der Waals surface area contributed by atoms with Crippen molar-refractivity contribution in [3.05, 3.63) is 0 Å². The van der Waals surface area contributed by atoms with Crippen LogP contribution in [0.2, 0.25) is 0 Å². The van der Waals surface area contributed by atoms with Crippen molar-refractivity contribution in [3.8, 4) is 0 Å². The van der Waals surface area contributed by atoms with Crippen molar-refractivity contribution >= 4 is 23.8 Å². The van der Waals surface area contributed by atoms with E-state index in [1.165, 1.54) is 0 Å². The number of carbonyl (C=O) groups excluding carboxylic acids is 3. The van der Waals surface area contributed by atoms with Crippen LogP contribution >= 0.6 is 0 Å². The Kier molecular flexibility index (Phi) is 6.86. The zero-order chi connectivity index (χ0) is 23.8. The first-order chi connectivity index (χ1) is 15.7. The maximum absolute atomic E-state index is 13.7. The van der Waals surface area contributed by atoms with Gasteiger partial charge < -0.3 is 26.0 Å². The Bertz CT molecular complexity index is 786. The van der Waals surface area contributed by atoms with Gasteiger partial charge in [0.2, 0.25) is 11.8 Å². The number of urea groups is 1. The fourth-order valence-electron chi connectivity index (χ4n) is 5.84. The minimum atomic E-state index is -1.04. The third kappa shape index (κ3) is 4.82. The highest BCUT2D eigenvalue weighted by Gasteiger charge is 2.59. The summed E-state index contributed by atoms with van der Waals surface area (Å²) in [4.78, 5) is 52.9. The summed E-state index contributed by atoms with van der Waals surface area (Å²) in [5, 5.41) is 19.0. The fourth-order valence-corrected chi connectivity index (χ4v) is 5.84. The van der Waals surface area contributed by atoms with E-state index in [-0.39, 0.29) is 41.8 Å². The topological polar surface area (TPSA) is 128 Å². The molecule has 4 rings (SSSR count). The van der Waals surface area contributed by atoms with Gasteiger partial charge in [-0.3, -0.25) is 14.4 Å². The highest BCUT2D eigenvalue weighted by Crippen LogP contribution is 2.49. The van der Waals surface area contributed by atoms with E-state index in [1.807, 2.05) is 13.8 Å². The van der Waals surface area contributed by atoms with Gasteiger partial charge in [-0.2, -0.15) is 0 Å². The third-order valence-corrected chi connectivity index (χ3v) is 8.10. The van der Waals surface area contributed by atoms with E-state index < -0.39 is 23.5 Å². The second kappa shape index (κ2) is 9.50. The Morgan fingerprint density at radius 1 is 0.939 bits per heavy atom. The first kappa shape index (κ1) is 23.8. The summed E-state index contributed by atoms with van der Waals surface area (Å²) in [7, 11) is 0. The lowest BCUT2D eigenvalue weighted by Gasteiger charge is -2.48. The van der Waals surface area contributed by atoms with Crippen LogP contribution in [0.5, 0.6) is 0 Å². The van der Waals surface area contributed by atoms with Crippen molar-refractivity contribution in [2.24, 2.45) is 17.3 Å². The van der Waals surface area contributed by atoms with Crippen molar-refractivity contribution < 1.29 is 24.3 Å². The standard InChI is InChI=1S/C24H38N4O5/c1-14(2)18(27-23(33)25-16-6-3-4-7-16)21(30)28-13-10-17(26-20(29)15-8-9-15)19(28)24(22(31)32)11-5-12-24/h14-19H,3-13H2,1-2H3,(H,26,29)(H,31,32)(H2,25,27,33)/t17-,18-,19+/m0/s1. The van der Waals surface area contributed by atoms with E-state index in [9.17, 15) is 24.3 Å². The van der Waals surface area contributed by atoms with Crippen LogP contribution in [0, 0.1) is 17.3 Å². The second-order valence-corrected chi connectivity index (χ2v) is 10.8. The van der Waals surface area contributed by atoms with Crippen LogP contribution in [-0.2, 0) is 14.4 Å². The molecule has 0 unspecified atom stereocenters. The number of likely N-dealkylation sites (tertiary alicyclic amines) is 1. The number of amides is 4. The van der Waals surface area contributed by atoms with Gasteiger partial charge >= 0.3 is 12.0 Å². The Morgan fingerprint density at radius 2 is 1.61 bits per heavy atom. The molecule has 0 bridgehead atoms. The number of nitrogens with zero attached hydrogens (tertiary/aromatic N) is 1. The van der Waals surface area contributed by atoms with Crippen LogP contribution < -0.4 is 16.0 Å². The molecule has 9 nitrogen and oxygen atoms in total. The van der Waals surface area contributed by atoms with Crippen molar-refractivity contribution in [1.29, 1.82) is 0 Å². The molecule has 3 atom stereocenters. The van der Waals surface area contributed by atoms with Gasteiger partial charge in [-0.1, -0.05) is 33.1 Å². The Labute approximate surface area is 195 Å². The molecule has 1 saturated heterocycles. The van der Waals surface area contributed by atoms with E-state index in [0.29, 0.717) is 25.8 Å². The molecular formula is C24H38N4O5. The first-order valence-corrected chi connectivity index (χ1v) is 12.6. The zero-order valence-corrected chi connectivity index (χ0v) is 19.8. The number of hydrogen-bond donors (Lipinski definition) is 4. The lowest BCUT2D eigenvalue weighted by Crippen LogP contribution is -2.64. The minimum Gasteiger partial charge on any atom is -0.481 e. The highest BCUT2D eigenvalue weighted by molar-refractivity contribution is 5.89. The molecule has 184 valence electrons. The van der Waals surface area contributed by atoms with E-state index in [4.69, 9.17) is 0 Å². The number of aliphatic carboxylic acids is 1. The van der Waals surface area contributed by atoms with E-state index in [2.05, 4.69) is 16.0 Å². The Morgan fingerprint density at radius 3 is 2.12 bits per heavy atom. The monoisotopic (exact) mass is 462 g/mol. The molecule has 0 spiro atoms. The van der Waals surface area contributed by atoms with Gasteiger partial charge in [0.25, 0.3) is 0 Å².